The molecule has 0 aliphatic heterocycles. The Morgan fingerprint density at radius 3 is 2.57 bits per heavy atom. The van der Waals surface area contributed by atoms with Gasteiger partial charge in [-0.3, -0.25) is 0 Å². The number of benzene rings is 1. The summed E-state index contributed by atoms with van der Waals surface area (Å²) in [6.07, 6.45) is 4.64. The van der Waals surface area contributed by atoms with Crippen LogP contribution in [0.25, 0.3) is 0 Å². The molecule has 0 spiro atoms. The summed E-state index contributed by atoms with van der Waals surface area (Å²) in [6.45, 7) is 2.83. The van der Waals surface area contributed by atoms with E-state index in [0.717, 1.165) is 43.5 Å². The fourth-order valence-electron chi connectivity index (χ4n) is 2.72. The van der Waals surface area contributed by atoms with Crippen molar-refractivity contribution in [3.63, 3.8) is 0 Å². The molecule has 0 amide bonds. The highest BCUT2D eigenvalue weighted by Gasteiger charge is 2.24. The van der Waals surface area contributed by atoms with E-state index in [1.807, 2.05) is 24.3 Å². The monoisotopic (exact) mass is 293 g/mol. The summed E-state index contributed by atoms with van der Waals surface area (Å²) < 4.78 is 11.1. The molecular formula is C17H27NO3. The van der Waals surface area contributed by atoms with E-state index in [-0.39, 0.29) is 12.2 Å². The van der Waals surface area contributed by atoms with Gasteiger partial charge in [-0.2, -0.15) is 0 Å². The van der Waals surface area contributed by atoms with Crippen molar-refractivity contribution >= 4 is 5.69 Å². The zero-order valence-electron chi connectivity index (χ0n) is 13.0. The number of methoxy groups -OCH3 is 1. The Bertz CT molecular complexity index is 407. The lowest BCUT2D eigenvalue weighted by atomic mass is 9.95. The number of hydrogen-bond acceptors (Lipinski definition) is 4. The lowest BCUT2D eigenvalue weighted by Gasteiger charge is -2.28. The van der Waals surface area contributed by atoms with Crippen molar-refractivity contribution < 1.29 is 14.6 Å². The van der Waals surface area contributed by atoms with Gasteiger partial charge in [-0.05, 0) is 49.9 Å². The van der Waals surface area contributed by atoms with E-state index in [4.69, 9.17) is 9.47 Å². The highest BCUT2D eigenvalue weighted by Crippen LogP contribution is 2.25. The maximum Gasteiger partial charge on any atom is 0.124 e. The van der Waals surface area contributed by atoms with Gasteiger partial charge in [0.15, 0.2) is 0 Å². The molecular weight excluding hydrogens is 266 g/mol. The molecule has 1 saturated carbocycles. The summed E-state index contributed by atoms with van der Waals surface area (Å²) in [4.78, 5) is 0. The standard InChI is InChI=1S/C17H27NO3/c1-3-13(12-20-2)18-14-8-10-15(11-9-14)21-17-7-5-4-6-16(17)19/h8-11,13,16-19H,3-7,12H2,1-2H3. The van der Waals surface area contributed by atoms with Crippen LogP contribution in [-0.4, -0.2) is 37.1 Å². The molecule has 4 nitrogen and oxygen atoms in total. The van der Waals surface area contributed by atoms with Crippen LogP contribution in [-0.2, 0) is 4.74 Å². The molecule has 1 aromatic carbocycles. The fraction of sp³-hybridized carbons (Fsp3) is 0.647. The third-order valence-electron chi connectivity index (χ3n) is 4.04. The van der Waals surface area contributed by atoms with Crippen LogP contribution in [0.1, 0.15) is 39.0 Å². The minimum Gasteiger partial charge on any atom is -0.488 e. The Kier molecular flexibility index (Phi) is 6.33. The first-order chi connectivity index (χ1) is 10.2. The Labute approximate surface area is 127 Å². The number of hydrogen-bond donors (Lipinski definition) is 2. The Morgan fingerprint density at radius 2 is 1.95 bits per heavy atom. The summed E-state index contributed by atoms with van der Waals surface area (Å²) in [5, 5.41) is 13.4. The maximum absolute atomic E-state index is 9.94. The van der Waals surface area contributed by atoms with Crippen molar-refractivity contribution in [3.05, 3.63) is 24.3 Å². The van der Waals surface area contributed by atoms with Crippen LogP contribution in [0.3, 0.4) is 0 Å². The molecule has 1 fully saturated rings. The lowest BCUT2D eigenvalue weighted by molar-refractivity contribution is 0.00688. The van der Waals surface area contributed by atoms with E-state index in [1.54, 1.807) is 7.11 Å². The third-order valence-corrected chi connectivity index (χ3v) is 4.04. The van der Waals surface area contributed by atoms with E-state index in [1.165, 1.54) is 0 Å². The molecule has 1 aromatic rings. The van der Waals surface area contributed by atoms with Gasteiger partial charge >= 0.3 is 0 Å². The van der Waals surface area contributed by atoms with Gasteiger partial charge < -0.3 is 19.9 Å². The van der Waals surface area contributed by atoms with Gasteiger partial charge in [0, 0.05) is 18.8 Å². The summed E-state index contributed by atoms with van der Waals surface area (Å²) in [5.41, 5.74) is 1.07. The van der Waals surface area contributed by atoms with Crippen molar-refractivity contribution in [1.29, 1.82) is 0 Å². The van der Waals surface area contributed by atoms with Gasteiger partial charge in [0.2, 0.25) is 0 Å². The van der Waals surface area contributed by atoms with Crippen molar-refractivity contribution in [2.24, 2.45) is 0 Å². The Morgan fingerprint density at radius 1 is 1.24 bits per heavy atom. The quantitative estimate of drug-likeness (QED) is 0.810. The molecule has 0 heterocycles. The van der Waals surface area contributed by atoms with Crippen LogP contribution in [0.2, 0.25) is 0 Å². The van der Waals surface area contributed by atoms with E-state index >= 15 is 0 Å². The number of aliphatic hydroxyl groups excluding tert-OH is 1. The predicted molar refractivity (Wildman–Crippen MR) is 84.9 cm³/mol. The molecule has 1 aliphatic carbocycles. The molecule has 3 unspecified atom stereocenters. The molecule has 2 N–H and O–H groups in total. The first-order valence-corrected chi connectivity index (χ1v) is 7.93. The maximum atomic E-state index is 9.94. The molecule has 118 valence electrons. The number of nitrogens with one attached hydrogen (secondary N) is 1. The van der Waals surface area contributed by atoms with Gasteiger partial charge in [0.25, 0.3) is 0 Å². The Hall–Kier alpha value is -1.26. The van der Waals surface area contributed by atoms with Crippen LogP contribution in [0.5, 0.6) is 5.75 Å². The van der Waals surface area contributed by atoms with Crippen molar-refractivity contribution in [2.45, 2.75) is 57.3 Å². The van der Waals surface area contributed by atoms with Gasteiger partial charge in [-0.15, -0.1) is 0 Å². The zero-order chi connectivity index (χ0) is 15.1. The molecule has 0 aromatic heterocycles. The van der Waals surface area contributed by atoms with Crippen LogP contribution < -0.4 is 10.1 Å². The molecule has 3 atom stereocenters. The van der Waals surface area contributed by atoms with Gasteiger partial charge in [0.05, 0.1) is 12.7 Å². The first-order valence-electron chi connectivity index (χ1n) is 7.93. The SMILES string of the molecule is CCC(COC)Nc1ccc(OC2CCCCC2O)cc1. The second kappa shape index (κ2) is 8.25. The fourth-order valence-corrected chi connectivity index (χ4v) is 2.72. The largest absolute Gasteiger partial charge is 0.488 e. The minimum atomic E-state index is -0.331. The minimum absolute atomic E-state index is 0.0607. The molecule has 1 aliphatic rings. The second-order valence-corrected chi connectivity index (χ2v) is 5.74. The van der Waals surface area contributed by atoms with Crippen LogP contribution >= 0.6 is 0 Å². The van der Waals surface area contributed by atoms with Crippen LogP contribution in [0.4, 0.5) is 5.69 Å². The first kappa shape index (κ1) is 16.1. The second-order valence-electron chi connectivity index (χ2n) is 5.74. The average Bonchev–Trinajstić information content (AvgIpc) is 2.51. The summed E-state index contributed by atoms with van der Waals surface area (Å²) in [7, 11) is 1.72. The van der Waals surface area contributed by atoms with Crippen molar-refractivity contribution in [3.8, 4) is 5.75 Å². The van der Waals surface area contributed by atoms with E-state index < -0.39 is 0 Å². The molecule has 4 heteroatoms. The van der Waals surface area contributed by atoms with Gasteiger partial charge in [-0.25, -0.2) is 0 Å². The lowest BCUT2D eigenvalue weighted by Crippen LogP contribution is -2.34. The van der Waals surface area contributed by atoms with E-state index in [2.05, 4.69) is 12.2 Å². The predicted octanol–water partition coefficient (Wildman–Crippen LogP) is 3.21. The van der Waals surface area contributed by atoms with E-state index in [9.17, 15) is 5.11 Å². The number of rotatable bonds is 7. The van der Waals surface area contributed by atoms with Crippen molar-refractivity contribution in [2.75, 3.05) is 19.0 Å². The topological polar surface area (TPSA) is 50.7 Å². The van der Waals surface area contributed by atoms with Crippen LogP contribution in [0, 0.1) is 0 Å². The summed E-state index contributed by atoms with van der Waals surface area (Å²) in [5.74, 6) is 0.825. The summed E-state index contributed by atoms with van der Waals surface area (Å²) >= 11 is 0. The zero-order valence-corrected chi connectivity index (χ0v) is 13.0. The molecule has 2 rings (SSSR count). The molecule has 0 bridgehead atoms. The third kappa shape index (κ3) is 4.90. The average molecular weight is 293 g/mol. The number of aliphatic hydroxyl groups is 1. The Balaban J connectivity index is 1.89. The number of ether oxygens (including phenoxy) is 2. The van der Waals surface area contributed by atoms with Gasteiger partial charge in [-0.1, -0.05) is 13.3 Å². The highest BCUT2D eigenvalue weighted by molar-refractivity contribution is 5.47. The van der Waals surface area contributed by atoms with E-state index in [0.29, 0.717) is 12.6 Å². The van der Waals surface area contributed by atoms with Gasteiger partial charge in [0.1, 0.15) is 11.9 Å². The normalized spacial score (nSPS) is 23.6. The highest BCUT2D eigenvalue weighted by atomic mass is 16.5. The summed E-state index contributed by atoms with van der Waals surface area (Å²) in [6, 6.07) is 8.28. The van der Waals surface area contributed by atoms with Crippen molar-refractivity contribution in [1.82, 2.24) is 0 Å². The molecule has 21 heavy (non-hydrogen) atoms. The molecule has 0 radical (unpaired) electrons. The van der Waals surface area contributed by atoms with Crippen LogP contribution in [0.15, 0.2) is 24.3 Å². The number of anilines is 1. The smallest absolute Gasteiger partial charge is 0.124 e. The molecule has 0 saturated heterocycles.